The van der Waals surface area contributed by atoms with Gasteiger partial charge in [-0.2, -0.15) is 5.10 Å². The number of hydrogen-bond acceptors (Lipinski definition) is 4. The number of pyridine rings is 1. The Morgan fingerprint density at radius 2 is 1.74 bits per heavy atom. The van der Waals surface area contributed by atoms with Gasteiger partial charge < -0.3 is 4.90 Å². The van der Waals surface area contributed by atoms with Gasteiger partial charge in [0, 0.05) is 38.1 Å². The molecule has 31 heavy (non-hydrogen) atoms. The maximum absolute atomic E-state index is 14.1. The first-order valence-electron chi connectivity index (χ1n) is 11.5. The van der Waals surface area contributed by atoms with Gasteiger partial charge >= 0.3 is 0 Å². The fourth-order valence-electron chi connectivity index (χ4n) is 4.21. The standard InChI is InChI=1S/C25H32FN5/c1-2-3-9-21-20-22(31(28-21)25-13-6-7-14-27-25)10-8-15-29-16-18-30(19-17-29)24-12-5-4-11-23(24)26/h4-7,11-14,20H,2-3,8-10,15-19H2,1H3. The van der Waals surface area contributed by atoms with Crippen molar-refractivity contribution in [3.8, 4) is 5.82 Å². The van der Waals surface area contributed by atoms with Crippen molar-refractivity contribution >= 4 is 5.69 Å². The van der Waals surface area contributed by atoms with Gasteiger partial charge in [0.2, 0.25) is 0 Å². The lowest BCUT2D eigenvalue weighted by atomic mass is 10.1. The highest BCUT2D eigenvalue weighted by atomic mass is 19.1. The number of para-hydroxylation sites is 1. The highest BCUT2D eigenvalue weighted by Crippen LogP contribution is 2.20. The van der Waals surface area contributed by atoms with Gasteiger partial charge in [-0.1, -0.05) is 31.5 Å². The summed E-state index contributed by atoms with van der Waals surface area (Å²) in [6.07, 6.45) is 7.22. The van der Waals surface area contributed by atoms with Crippen LogP contribution in [0.15, 0.2) is 54.7 Å². The largest absolute Gasteiger partial charge is 0.367 e. The molecule has 3 heterocycles. The first kappa shape index (κ1) is 21.5. The van der Waals surface area contributed by atoms with E-state index < -0.39 is 0 Å². The molecule has 1 aromatic carbocycles. The number of benzene rings is 1. The van der Waals surface area contributed by atoms with Gasteiger partial charge in [-0.3, -0.25) is 4.90 Å². The van der Waals surface area contributed by atoms with E-state index >= 15 is 0 Å². The van der Waals surface area contributed by atoms with Gasteiger partial charge in [0.15, 0.2) is 5.82 Å². The third-order valence-corrected chi connectivity index (χ3v) is 5.96. The Morgan fingerprint density at radius 1 is 0.935 bits per heavy atom. The van der Waals surface area contributed by atoms with E-state index in [-0.39, 0.29) is 5.82 Å². The van der Waals surface area contributed by atoms with Gasteiger partial charge in [-0.25, -0.2) is 14.1 Å². The normalized spacial score (nSPS) is 14.8. The SMILES string of the molecule is CCCCc1cc(CCCN2CCN(c3ccccc3F)CC2)n(-c2ccccn2)n1. The summed E-state index contributed by atoms with van der Waals surface area (Å²) in [6.45, 7) is 6.93. The quantitative estimate of drug-likeness (QED) is 0.510. The summed E-state index contributed by atoms with van der Waals surface area (Å²) in [4.78, 5) is 9.14. The monoisotopic (exact) mass is 421 g/mol. The predicted octanol–water partition coefficient (Wildman–Crippen LogP) is 4.50. The van der Waals surface area contributed by atoms with E-state index in [0.717, 1.165) is 75.6 Å². The molecule has 1 aliphatic heterocycles. The zero-order valence-electron chi connectivity index (χ0n) is 18.4. The molecule has 0 aliphatic carbocycles. The molecule has 4 rings (SSSR count). The first-order valence-corrected chi connectivity index (χ1v) is 11.5. The molecule has 0 atom stereocenters. The van der Waals surface area contributed by atoms with Crippen molar-refractivity contribution in [2.24, 2.45) is 0 Å². The number of anilines is 1. The Balaban J connectivity index is 1.32. The summed E-state index contributed by atoms with van der Waals surface area (Å²) in [6, 6.07) is 15.3. The van der Waals surface area contributed by atoms with Crippen molar-refractivity contribution in [3.05, 3.63) is 71.9 Å². The van der Waals surface area contributed by atoms with Crippen LogP contribution >= 0.6 is 0 Å². The molecule has 0 bridgehead atoms. The molecular weight excluding hydrogens is 389 g/mol. The van der Waals surface area contributed by atoms with Crippen LogP contribution in [0.2, 0.25) is 0 Å². The summed E-state index contributed by atoms with van der Waals surface area (Å²) in [5, 5.41) is 4.83. The van der Waals surface area contributed by atoms with E-state index in [1.54, 1.807) is 12.1 Å². The average molecular weight is 422 g/mol. The van der Waals surface area contributed by atoms with Gasteiger partial charge in [-0.05, 0) is 62.6 Å². The molecule has 3 aromatic rings. The molecule has 1 saturated heterocycles. The molecule has 6 heteroatoms. The molecule has 1 aliphatic rings. The molecule has 5 nitrogen and oxygen atoms in total. The molecule has 164 valence electrons. The second-order valence-corrected chi connectivity index (χ2v) is 8.21. The average Bonchev–Trinajstić information content (AvgIpc) is 3.22. The number of aromatic nitrogens is 3. The lowest BCUT2D eigenvalue weighted by Crippen LogP contribution is -2.47. The zero-order valence-corrected chi connectivity index (χ0v) is 18.4. The summed E-state index contributed by atoms with van der Waals surface area (Å²) in [5.74, 6) is 0.761. The molecule has 1 fully saturated rings. The number of halogens is 1. The van der Waals surface area contributed by atoms with Crippen LogP contribution in [0.25, 0.3) is 5.82 Å². The van der Waals surface area contributed by atoms with Crippen LogP contribution < -0.4 is 4.90 Å². The summed E-state index contributed by atoms with van der Waals surface area (Å²) < 4.78 is 16.1. The maximum atomic E-state index is 14.1. The van der Waals surface area contributed by atoms with Crippen LogP contribution in [-0.2, 0) is 12.8 Å². The van der Waals surface area contributed by atoms with Crippen molar-refractivity contribution in [3.63, 3.8) is 0 Å². The van der Waals surface area contributed by atoms with Crippen LogP contribution in [0.1, 0.15) is 37.6 Å². The molecule has 0 saturated carbocycles. The third kappa shape index (κ3) is 5.50. The summed E-state index contributed by atoms with van der Waals surface area (Å²) in [5.41, 5.74) is 3.11. The molecule has 0 spiro atoms. The first-order chi connectivity index (χ1) is 15.2. The van der Waals surface area contributed by atoms with Gasteiger partial charge in [0.1, 0.15) is 5.82 Å². The number of aryl methyl sites for hydroxylation is 2. The summed E-state index contributed by atoms with van der Waals surface area (Å²) >= 11 is 0. The lowest BCUT2D eigenvalue weighted by molar-refractivity contribution is 0.254. The minimum Gasteiger partial charge on any atom is -0.367 e. The van der Waals surface area contributed by atoms with Crippen molar-refractivity contribution in [2.45, 2.75) is 39.0 Å². The van der Waals surface area contributed by atoms with E-state index in [1.165, 1.54) is 12.1 Å². The Labute approximate surface area is 184 Å². The van der Waals surface area contributed by atoms with Crippen LogP contribution in [0.5, 0.6) is 0 Å². The van der Waals surface area contributed by atoms with Crippen molar-refractivity contribution < 1.29 is 4.39 Å². The lowest BCUT2D eigenvalue weighted by Gasteiger charge is -2.36. The highest BCUT2D eigenvalue weighted by Gasteiger charge is 2.19. The summed E-state index contributed by atoms with van der Waals surface area (Å²) in [7, 11) is 0. The number of rotatable bonds is 9. The minimum absolute atomic E-state index is 0.127. The van der Waals surface area contributed by atoms with Gasteiger partial charge in [-0.15, -0.1) is 0 Å². The number of piperazine rings is 1. The van der Waals surface area contributed by atoms with Gasteiger partial charge in [0.05, 0.1) is 11.4 Å². The van der Waals surface area contributed by atoms with E-state index in [1.807, 2.05) is 41.2 Å². The Kier molecular flexibility index (Phi) is 7.30. The number of hydrogen-bond donors (Lipinski definition) is 0. The van der Waals surface area contributed by atoms with Crippen LogP contribution in [-0.4, -0.2) is 52.4 Å². The van der Waals surface area contributed by atoms with E-state index in [4.69, 9.17) is 5.10 Å². The van der Waals surface area contributed by atoms with E-state index in [2.05, 4.69) is 27.8 Å². The molecule has 2 aromatic heterocycles. The van der Waals surface area contributed by atoms with Crippen molar-refractivity contribution in [2.75, 3.05) is 37.6 Å². The molecular formula is C25H32FN5. The fraction of sp³-hybridized carbons (Fsp3) is 0.440. The highest BCUT2D eigenvalue weighted by molar-refractivity contribution is 5.48. The number of unbranched alkanes of at least 4 members (excludes halogenated alkanes) is 1. The Hall–Kier alpha value is -2.73. The third-order valence-electron chi connectivity index (χ3n) is 5.96. The van der Waals surface area contributed by atoms with Gasteiger partial charge in [0.25, 0.3) is 0 Å². The topological polar surface area (TPSA) is 37.2 Å². The maximum Gasteiger partial charge on any atom is 0.153 e. The van der Waals surface area contributed by atoms with E-state index in [0.29, 0.717) is 0 Å². The molecule has 0 amide bonds. The second-order valence-electron chi connectivity index (χ2n) is 8.21. The Bertz CT molecular complexity index is 948. The van der Waals surface area contributed by atoms with Crippen LogP contribution in [0.4, 0.5) is 10.1 Å². The molecule has 0 unspecified atom stereocenters. The fourth-order valence-corrected chi connectivity index (χ4v) is 4.21. The predicted molar refractivity (Wildman–Crippen MR) is 123 cm³/mol. The van der Waals surface area contributed by atoms with Crippen molar-refractivity contribution in [1.29, 1.82) is 0 Å². The molecule has 0 radical (unpaired) electrons. The van der Waals surface area contributed by atoms with Crippen molar-refractivity contribution in [1.82, 2.24) is 19.7 Å². The van der Waals surface area contributed by atoms with Crippen LogP contribution in [0.3, 0.4) is 0 Å². The minimum atomic E-state index is -0.127. The zero-order chi connectivity index (χ0) is 21.5. The molecule has 0 N–H and O–H groups in total. The Morgan fingerprint density at radius 3 is 2.48 bits per heavy atom. The smallest absolute Gasteiger partial charge is 0.153 e. The number of nitrogens with zero attached hydrogens (tertiary/aromatic N) is 5. The van der Waals surface area contributed by atoms with Crippen LogP contribution in [0, 0.1) is 5.82 Å². The second kappa shape index (κ2) is 10.5. The van der Waals surface area contributed by atoms with E-state index in [9.17, 15) is 4.39 Å².